The lowest BCUT2D eigenvalue weighted by atomic mass is 10.1. The third-order valence-corrected chi connectivity index (χ3v) is 3.81. The Bertz CT molecular complexity index is 724. The summed E-state index contributed by atoms with van der Waals surface area (Å²) in [5.74, 6) is 0.0207. The number of nitrogens with zero attached hydrogens (tertiary/aromatic N) is 1. The molecule has 0 saturated heterocycles. The lowest BCUT2D eigenvalue weighted by Crippen LogP contribution is -1.97. The number of carbonyl (C=O) groups excluding carboxylic acids is 1. The largest absolute Gasteiger partial charge is 0.324 e. The summed E-state index contributed by atoms with van der Waals surface area (Å²) in [7, 11) is 0. The molecule has 0 saturated carbocycles. The van der Waals surface area contributed by atoms with Crippen LogP contribution in [0.3, 0.4) is 0 Å². The molecule has 3 rings (SSSR count). The van der Waals surface area contributed by atoms with Crippen LogP contribution in [0.5, 0.6) is 0 Å². The Morgan fingerprint density at radius 2 is 1.90 bits per heavy atom. The number of carbonyl (C=O) groups is 1. The molecule has 0 aliphatic heterocycles. The van der Waals surface area contributed by atoms with Crippen LogP contribution in [-0.4, -0.2) is 10.4 Å². The smallest absolute Gasteiger partial charge is 0.185 e. The normalized spacial score (nSPS) is 11.0. The van der Waals surface area contributed by atoms with Crippen molar-refractivity contribution in [3.05, 3.63) is 82.8 Å². The molecule has 3 heteroatoms. The summed E-state index contributed by atoms with van der Waals surface area (Å²) >= 11 is 1.62. The summed E-state index contributed by atoms with van der Waals surface area (Å²) < 4.78 is 1.99. The molecule has 0 unspecified atom stereocenters. The van der Waals surface area contributed by atoms with E-state index in [-0.39, 0.29) is 5.78 Å². The second kappa shape index (κ2) is 5.72. The zero-order valence-electron chi connectivity index (χ0n) is 10.8. The molecule has 0 radical (unpaired) electrons. The van der Waals surface area contributed by atoms with E-state index in [1.807, 2.05) is 76.9 Å². The number of aromatic nitrogens is 1. The van der Waals surface area contributed by atoms with Gasteiger partial charge in [0.05, 0.1) is 0 Å². The van der Waals surface area contributed by atoms with Gasteiger partial charge >= 0.3 is 0 Å². The van der Waals surface area contributed by atoms with Crippen LogP contribution in [0.4, 0.5) is 0 Å². The Kier molecular flexibility index (Phi) is 3.61. The summed E-state index contributed by atoms with van der Waals surface area (Å²) in [6.45, 7) is 0. The van der Waals surface area contributed by atoms with Crippen LogP contribution in [0.25, 0.3) is 11.8 Å². The van der Waals surface area contributed by atoms with Crippen LogP contribution in [0.2, 0.25) is 0 Å². The van der Waals surface area contributed by atoms with Gasteiger partial charge in [-0.15, -0.1) is 11.3 Å². The molecule has 0 amide bonds. The number of thiophene rings is 1. The highest BCUT2D eigenvalue weighted by Crippen LogP contribution is 2.14. The fourth-order valence-electron chi connectivity index (χ4n) is 1.97. The molecule has 0 aliphatic carbocycles. The Morgan fingerprint density at radius 1 is 1.05 bits per heavy atom. The molecule has 1 aromatic carbocycles. The molecule has 0 aliphatic rings. The summed E-state index contributed by atoms with van der Waals surface area (Å²) in [6, 6.07) is 15.5. The van der Waals surface area contributed by atoms with Gasteiger partial charge in [0.25, 0.3) is 0 Å². The molecule has 0 N–H and O–H groups in total. The van der Waals surface area contributed by atoms with Gasteiger partial charge < -0.3 is 4.57 Å². The van der Waals surface area contributed by atoms with Gasteiger partial charge in [0.1, 0.15) is 0 Å². The van der Waals surface area contributed by atoms with E-state index in [2.05, 4.69) is 0 Å². The quantitative estimate of drug-likeness (QED) is 0.511. The van der Waals surface area contributed by atoms with E-state index >= 15 is 0 Å². The van der Waals surface area contributed by atoms with E-state index in [0.717, 1.165) is 10.6 Å². The van der Waals surface area contributed by atoms with E-state index in [4.69, 9.17) is 0 Å². The molecule has 0 fully saturated rings. The second-order valence-electron chi connectivity index (χ2n) is 4.35. The van der Waals surface area contributed by atoms with Gasteiger partial charge in [0, 0.05) is 28.5 Å². The van der Waals surface area contributed by atoms with Gasteiger partial charge in [-0.05, 0) is 47.9 Å². The maximum atomic E-state index is 12.2. The lowest BCUT2D eigenvalue weighted by molar-refractivity contribution is 0.104. The Balaban J connectivity index is 1.83. The van der Waals surface area contributed by atoms with Crippen LogP contribution < -0.4 is 0 Å². The Hall–Kier alpha value is -2.39. The van der Waals surface area contributed by atoms with Crippen molar-refractivity contribution in [2.45, 2.75) is 0 Å². The van der Waals surface area contributed by atoms with Crippen molar-refractivity contribution in [1.82, 2.24) is 4.57 Å². The first-order valence-corrected chi connectivity index (χ1v) is 7.20. The first-order valence-electron chi connectivity index (χ1n) is 6.32. The Morgan fingerprint density at radius 3 is 2.65 bits per heavy atom. The number of benzene rings is 1. The van der Waals surface area contributed by atoms with Crippen LogP contribution in [0, 0.1) is 0 Å². The summed E-state index contributed by atoms with van der Waals surface area (Å²) in [5, 5.41) is 2.00. The topological polar surface area (TPSA) is 22.0 Å². The highest BCUT2D eigenvalue weighted by molar-refractivity contribution is 7.10. The molecule has 0 spiro atoms. The highest BCUT2D eigenvalue weighted by atomic mass is 32.1. The van der Waals surface area contributed by atoms with Crippen molar-refractivity contribution < 1.29 is 4.79 Å². The van der Waals surface area contributed by atoms with E-state index in [9.17, 15) is 4.79 Å². The van der Waals surface area contributed by atoms with Crippen LogP contribution in [0.1, 0.15) is 15.2 Å². The average Bonchev–Trinajstić information content (AvgIpc) is 3.18. The Labute approximate surface area is 121 Å². The van der Waals surface area contributed by atoms with Crippen LogP contribution >= 0.6 is 11.3 Å². The standard InChI is InChI=1S/C17H13NOS/c19-17(9-8-16-7-4-12-20-16)14-5-3-6-15(13-14)18-10-1-2-11-18/h1-13H/b9-8+. The SMILES string of the molecule is O=C(/C=C/c1cccs1)c1cccc(-n2cccc2)c1. The predicted octanol–water partition coefficient (Wildman–Crippen LogP) is 4.43. The maximum absolute atomic E-state index is 12.2. The van der Waals surface area contributed by atoms with Gasteiger partial charge in [-0.25, -0.2) is 0 Å². The van der Waals surface area contributed by atoms with Crippen LogP contribution in [0.15, 0.2) is 72.4 Å². The number of hydrogen-bond acceptors (Lipinski definition) is 2. The van der Waals surface area contributed by atoms with Gasteiger partial charge in [0.2, 0.25) is 0 Å². The highest BCUT2D eigenvalue weighted by Gasteiger charge is 2.03. The van der Waals surface area contributed by atoms with Gasteiger partial charge in [-0.1, -0.05) is 18.2 Å². The monoisotopic (exact) mass is 279 g/mol. The minimum atomic E-state index is 0.0207. The molecule has 2 heterocycles. The molecular formula is C17H13NOS. The van der Waals surface area contributed by atoms with Crippen molar-refractivity contribution in [2.24, 2.45) is 0 Å². The first kappa shape index (κ1) is 12.6. The number of ketones is 1. The van der Waals surface area contributed by atoms with E-state index in [0.29, 0.717) is 5.56 Å². The molecule has 0 atom stereocenters. The minimum Gasteiger partial charge on any atom is -0.324 e. The molecule has 2 nitrogen and oxygen atoms in total. The van der Waals surface area contributed by atoms with Crippen molar-refractivity contribution >= 4 is 23.2 Å². The summed E-state index contributed by atoms with van der Waals surface area (Å²) in [4.78, 5) is 13.3. The average molecular weight is 279 g/mol. The van der Waals surface area contributed by atoms with Crippen molar-refractivity contribution in [1.29, 1.82) is 0 Å². The second-order valence-corrected chi connectivity index (χ2v) is 5.33. The zero-order chi connectivity index (χ0) is 13.8. The molecular weight excluding hydrogens is 266 g/mol. The molecule has 98 valence electrons. The minimum absolute atomic E-state index is 0.0207. The van der Waals surface area contributed by atoms with Gasteiger partial charge in [0.15, 0.2) is 5.78 Å². The fourth-order valence-corrected chi connectivity index (χ4v) is 2.58. The fraction of sp³-hybridized carbons (Fsp3) is 0. The molecule has 20 heavy (non-hydrogen) atoms. The van der Waals surface area contributed by atoms with Crippen LogP contribution in [-0.2, 0) is 0 Å². The summed E-state index contributed by atoms with van der Waals surface area (Å²) in [6.07, 6.45) is 7.41. The predicted molar refractivity (Wildman–Crippen MR) is 83.5 cm³/mol. The zero-order valence-corrected chi connectivity index (χ0v) is 11.6. The first-order chi connectivity index (χ1) is 9.83. The van der Waals surface area contributed by atoms with Crippen molar-refractivity contribution in [3.63, 3.8) is 0 Å². The molecule has 3 aromatic rings. The van der Waals surface area contributed by atoms with Crippen molar-refractivity contribution in [2.75, 3.05) is 0 Å². The number of rotatable bonds is 4. The lowest BCUT2D eigenvalue weighted by Gasteiger charge is -2.04. The third-order valence-electron chi connectivity index (χ3n) is 2.98. The number of allylic oxidation sites excluding steroid dienone is 1. The van der Waals surface area contributed by atoms with E-state index in [1.165, 1.54) is 0 Å². The van der Waals surface area contributed by atoms with E-state index in [1.54, 1.807) is 17.4 Å². The van der Waals surface area contributed by atoms with Crippen molar-refractivity contribution in [3.8, 4) is 5.69 Å². The molecule has 0 bridgehead atoms. The maximum Gasteiger partial charge on any atom is 0.185 e. The van der Waals surface area contributed by atoms with Gasteiger partial charge in [-0.2, -0.15) is 0 Å². The number of hydrogen-bond donors (Lipinski definition) is 0. The third kappa shape index (κ3) is 2.78. The van der Waals surface area contributed by atoms with Gasteiger partial charge in [-0.3, -0.25) is 4.79 Å². The molecule has 2 aromatic heterocycles. The summed E-state index contributed by atoms with van der Waals surface area (Å²) in [5.41, 5.74) is 1.69. The van der Waals surface area contributed by atoms with E-state index < -0.39 is 0 Å².